The molecule has 1 aliphatic heterocycles. The zero-order chi connectivity index (χ0) is 24.9. The monoisotopic (exact) mass is 485 g/mol. The molecule has 180 valence electrons. The number of hydrogen-bond donors (Lipinski definition) is 3. The molecule has 2 atom stereocenters. The zero-order valence-electron chi connectivity index (χ0n) is 19.1. The predicted octanol–water partition coefficient (Wildman–Crippen LogP) is 3.49. The molecule has 3 rings (SSSR count). The minimum Gasteiger partial charge on any atom is -0.478 e. The lowest BCUT2D eigenvalue weighted by Crippen LogP contribution is -2.49. The third-order valence-electron chi connectivity index (χ3n) is 4.82. The maximum atomic E-state index is 13.2. The van der Waals surface area contributed by atoms with Crippen molar-refractivity contribution in [2.75, 3.05) is 17.6 Å². The lowest BCUT2D eigenvalue weighted by atomic mass is 10.1. The number of benzene rings is 2. The van der Waals surface area contributed by atoms with E-state index in [2.05, 4.69) is 10.6 Å². The van der Waals surface area contributed by atoms with Gasteiger partial charge in [-0.3, -0.25) is 4.79 Å². The second-order valence-corrected chi connectivity index (χ2v) is 9.75. The van der Waals surface area contributed by atoms with E-state index in [9.17, 15) is 19.2 Å². The lowest BCUT2D eigenvalue weighted by Gasteiger charge is -2.30. The fourth-order valence-corrected chi connectivity index (χ4v) is 4.83. The van der Waals surface area contributed by atoms with Gasteiger partial charge in [0.05, 0.1) is 12.1 Å². The molecule has 3 amide bonds. The Morgan fingerprint density at radius 2 is 1.79 bits per heavy atom. The largest absolute Gasteiger partial charge is 0.478 e. The first kappa shape index (κ1) is 25.1. The molecule has 1 fully saturated rings. The maximum absolute atomic E-state index is 13.2. The average molecular weight is 486 g/mol. The van der Waals surface area contributed by atoms with Gasteiger partial charge in [0.2, 0.25) is 5.91 Å². The van der Waals surface area contributed by atoms with Gasteiger partial charge in [0.1, 0.15) is 17.0 Å². The number of carboxylic acids is 1. The Morgan fingerprint density at radius 1 is 1.09 bits per heavy atom. The third kappa shape index (κ3) is 6.50. The Balaban J connectivity index is 1.71. The van der Waals surface area contributed by atoms with Crippen LogP contribution < -0.4 is 10.6 Å². The highest BCUT2D eigenvalue weighted by Crippen LogP contribution is 2.41. The van der Waals surface area contributed by atoms with Crippen molar-refractivity contribution in [2.24, 2.45) is 0 Å². The molecule has 0 radical (unpaired) electrons. The molecular weight excluding hydrogens is 458 g/mol. The summed E-state index contributed by atoms with van der Waals surface area (Å²) in [7, 11) is 0. The van der Waals surface area contributed by atoms with E-state index in [-0.39, 0.29) is 17.8 Å². The van der Waals surface area contributed by atoms with Crippen LogP contribution in [0.25, 0.3) is 0 Å². The Kier molecular flexibility index (Phi) is 7.83. The number of nitrogens with one attached hydrogen (secondary N) is 2. The number of hydrogen-bond acceptors (Lipinski definition) is 6. The number of amides is 3. The van der Waals surface area contributed by atoms with Gasteiger partial charge in [0, 0.05) is 11.4 Å². The van der Waals surface area contributed by atoms with E-state index in [1.165, 1.54) is 40.9 Å². The summed E-state index contributed by atoms with van der Waals surface area (Å²) in [4.78, 5) is 50.9. The molecule has 1 aliphatic rings. The number of ether oxygens (including phenoxy) is 1. The molecule has 9 nitrogen and oxygen atoms in total. The van der Waals surface area contributed by atoms with Crippen LogP contribution in [0.4, 0.5) is 10.5 Å². The van der Waals surface area contributed by atoms with Gasteiger partial charge in [-0.2, -0.15) is 0 Å². The SMILES string of the molecule is CC(C)(C)OC(=O)C1CSC(c2ccccc2)N1C(=O)CNC(=O)Nc1cccc(C(=O)O)c1. The smallest absolute Gasteiger partial charge is 0.335 e. The second kappa shape index (κ2) is 10.6. The van der Waals surface area contributed by atoms with Gasteiger partial charge in [-0.15, -0.1) is 11.8 Å². The van der Waals surface area contributed by atoms with E-state index in [1.807, 2.05) is 30.3 Å². The molecule has 10 heteroatoms. The number of carboxylic acid groups (broad SMARTS) is 1. The van der Waals surface area contributed by atoms with Crippen molar-refractivity contribution in [3.05, 3.63) is 65.7 Å². The van der Waals surface area contributed by atoms with E-state index in [0.29, 0.717) is 5.75 Å². The van der Waals surface area contributed by atoms with Gasteiger partial charge in [-0.05, 0) is 44.5 Å². The summed E-state index contributed by atoms with van der Waals surface area (Å²) < 4.78 is 5.53. The first-order valence-electron chi connectivity index (χ1n) is 10.6. The molecule has 0 aromatic heterocycles. The number of anilines is 1. The van der Waals surface area contributed by atoms with E-state index in [1.54, 1.807) is 20.8 Å². The summed E-state index contributed by atoms with van der Waals surface area (Å²) in [6, 6.07) is 13.6. The molecule has 0 spiro atoms. The molecule has 34 heavy (non-hydrogen) atoms. The van der Waals surface area contributed by atoms with Crippen LogP contribution in [-0.4, -0.2) is 57.8 Å². The van der Waals surface area contributed by atoms with E-state index in [0.717, 1.165) is 5.56 Å². The number of carbonyl (C=O) groups is 4. The van der Waals surface area contributed by atoms with Crippen molar-refractivity contribution >= 4 is 41.3 Å². The van der Waals surface area contributed by atoms with Gasteiger partial charge in [0.25, 0.3) is 0 Å². The van der Waals surface area contributed by atoms with Gasteiger partial charge in [-0.1, -0.05) is 36.4 Å². The Labute approximate surface area is 201 Å². The summed E-state index contributed by atoms with van der Waals surface area (Å²) in [5, 5.41) is 13.7. The van der Waals surface area contributed by atoms with Crippen LogP contribution in [-0.2, 0) is 14.3 Å². The molecule has 2 unspecified atom stereocenters. The van der Waals surface area contributed by atoms with Crippen molar-refractivity contribution in [1.29, 1.82) is 0 Å². The van der Waals surface area contributed by atoms with Crippen LogP contribution >= 0.6 is 11.8 Å². The maximum Gasteiger partial charge on any atom is 0.335 e. The molecule has 1 saturated heterocycles. The van der Waals surface area contributed by atoms with Gasteiger partial charge in [-0.25, -0.2) is 14.4 Å². The van der Waals surface area contributed by atoms with E-state index >= 15 is 0 Å². The molecule has 0 bridgehead atoms. The topological polar surface area (TPSA) is 125 Å². The first-order chi connectivity index (χ1) is 16.0. The lowest BCUT2D eigenvalue weighted by molar-refractivity contribution is -0.163. The Hall–Kier alpha value is -3.53. The standard InChI is InChI=1S/C24H27N3O6S/c1-24(2,3)33-22(31)18-14-34-20(15-8-5-4-6-9-15)27(18)19(28)13-25-23(32)26-17-11-7-10-16(12-17)21(29)30/h4-12,18,20H,13-14H2,1-3H3,(H,29,30)(H2,25,26,32). The third-order valence-corrected chi connectivity index (χ3v) is 6.14. The number of aromatic carboxylic acids is 1. The Bertz CT molecular complexity index is 1070. The summed E-state index contributed by atoms with van der Waals surface area (Å²) in [5.74, 6) is -1.69. The van der Waals surface area contributed by atoms with Gasteiger partial charge >= 0.3 is 18.0 Å². The van der Waals surface area contributed by atoms with Crippen molar-refractivity contribution in [3.63, 3.8) is 0 Å². The molecule has 1 heterocycles. The molecule has 2 aromatic rings. The van der Waals surface area contributed by atoms with E-state index < -0.39 is 40.9 Å². The predicted molar refractivity (Wildman–Crippen MR) is 129 cm³/mol. The van der Waals surface area contributed by atoms with Crippen LogP contribution in [0, 0.1) is 0 Å². The zero-order valence-corrected chi connectivity index (χ0v) is 19.9. The second-order valence-electron chi connectivity index (χ2n) is 8.64. The highest BCUT2D eigenvalue weighted by atomic mass is 32.2. The van der Waals surface area contributed by atoms with Crippen molar-refractivity contribution in [3.8, 4) is 0 Å². The first-order valence-corrected chi connectivity index (χ1v) is 11.7. The van der Waals surface area contributed by atoms with Gasteiger partial charge in [0.15, 0.2) is 0 Å². The Morgan fingerprint density at radius 3 is 2.44 bits per heavy atom. The fourth-order valence-electron chi connectivity index (χ4n) is 3.39. The quantitative estimate of drug-likeness (QED) is 0.535. The highest BCUT2D eigenvalue weighted by molar-refractivity contribution is 7.99. The number of rotatable bonds is 6. The summed E-state index contributed by atoms with van der Waals surface area (Å²) >= 11 is 1.46. The van der Waals surface area contributed by atoms with Crippen LogP contribution in [0.3, 0.4) is 0 Å². The molecule has 0 aliphatic carbocycles. The average Bonchev–Trinajstić information content (AvgIpc) is 3.23. The van der Waals surface area contributed by atoms with Crippen molar-refractivity contribution in [1.82, 2.24) is 10.2 Å². The van der Waals surface area contributed by atoms with Crippen molar-refractivity contribution < 1.29 is 29.0 Å². The summed E-state index contributed by atoms with van der Waals surface area (Å²) in [6.45, 7) is 4.94. The number of esters is 1. The number of carbonyl (C=O) groups excluding carboxylic acids is 3. The molecule has 3 N–H and O–H groups in total. The number of nitrogens with zero attached hydrogens (tertiary/aromatic N) is 1. The van der Waals surface area contributed by atoms with Crippen LogP contribution in [0.15, 0.2) is 54.6 Å². The highest BCUT2D eigenvalue weighted by Gasteiger charge is 2.43. The normalized spacial score (nSPS) is 17.7. The number of urea groups is 1. The van der Waals surface area contributed by atoms with Crippen LogP contribution in [0.5, 0.6) is 0 Å². The molecule has 2 aromatic carbocycles. The summed E-state index contributed by atoms with van der Waals surface area (Å²) in [5.41, 5.74) is 0.454. The minimum absolute atomic E-state index is 0.0221. The van der Waals surface area contributed by atoms with Crippen LogP contribution in [0.2, 0.25) is 0 Å². The van der Waals surface area contributed by atoms with Gasteiger partial charge < -0.3 is 25.4 Å². The fraction of sp³-hybridized carbons (Fsp3) is 0.333. The molecule has 0 saturated carbocycles. The van der Waals surface area contributed by atoms with E-state index in [4.69, 9.17) is 9.84 Å². The molecular formula is C24H27N3O6S. The summed E-state index contributed by atoms with van der Waals surface area (Å²) in [6.07, 6.45) is 0. The minimum atomic E-state index is -1.12. The van der Waals surface area contributed by atoms with Crippen LogP contribution in [0.1, 0.15) is 42.1 Å². The number of thioether (sulfide) groups is 1. The van der Waals surface area contributed by atoms with Crippen molar-refractivity contribution in [2.45, 2.75) is 37.8 Å².